The van der Waals surface area contributed by atoms with E-state index in [0.29, 0.717) is 55.2 Å². The first kappa shape index (κ1) is 26.7. The number of methoxy groups -OCH3 is 1. The Morgan fingerprint density at radius 2 is 1.97 bits per heavy atom. The van der Waals surface area contributed by atoms with Crippen LogP contribution in [0.25, 0.3) is 6.08 Å². The van der Waals surface area contributed by atoms with Crippen molar-refractivity contribution < 1.29 is 19.0 Å². The number of nitrogens with zero attached hydrogens (tertiary/aromatic N) is 2. The summed E-state index contributed by atoms with van der Waals surface area (Å²) < 4.78 is 18.7. The highest BCUT2D eigenvalue weighted by atomic mass is 35.5. The number of allylic oxidation sites excluding steroid dienone is 1. The van der Waals surface area contributed by atoms with Crippen LogP contribution in [0.15, 0.2) is 63.5 Å². The Balaban J connectivity index is 1.86. The molecule has 3 aromatic rings. The molecule has 0 saturated heterocycles. The molecule has 2 heterocycles. The van der Waals surface area contributed by atoms with Crippen molar-refractivity contribution in [3.05, 3.63) is 89.6 Å². The maximum atomic E-state index is 13.8. The molecular formula is C28H29ClN2O5S. The molecule has 7 nitrogen and oxygen atoms in total. The molecule has 0 unspecified atom stereocenters. The van der Waals surface area contributed by atoms with E-state index >= 15 is 0 Å². The van der Waals surface area contributed by atoms with E-state index in [1.54, 1.807) is 39.2 Å². The first-order valence-corrected chi connectivity index (χ1v) is 13.2. The maximum Gasteiger partial charge on any atom is 0.338 e. The Labute approximate surface area is 224 Å². The van der Waals surface area contributed by atoms with Crippen LogP contribution in [0, 0.1) is 5.92 Å². The van der Waals surface area contributed by atoms with E-state index in [2.05, 4.69) is 18.8 Å². The van der Waals surface area contributed by atoms with Crippen LogP contribution in [-0.4, -0.2) is 30.9 Å². The molecule has 1 atom stereocenters. The normalized spacial score (nSPS) is 15.4. The second-order valence-electron chi connectivity index (χ2n) is 8.94. The van der Waals surface area contributed by atoms with Crippen LogP contribution in [0.1, 0.15) is 44.9 Å². The SMILES string of the molecule is CCOC(=O)C1=C(C)N=c2s/c(=C/c3ccc(OCC(C)C)c(OC)c3)c(=O)n2[C@H]1c1ccccc1Cl. The third-order valence-corrected chi connectivity index (χ3v) is 7.10. The van der Waals surface area contributed by atoms with E-state index in [-0.39, 0.29) is 12.2 Å². The number of halogens is 1. The number of ether oxygens (including phenoxy) is 3. The van der Waals surface area contributed by atoms with Crippen molar-refractivity contribution in [2.24, 2.45) is 10.9 Å². The van der Waals surface area contributed by atoms with Gasteiger partial charge in [0, 0.05) is 5.02 Å². The van der Waals surface area contributed by atoms with Crippen LogP contribution in [0.5, 0.6) is 11.5 Å². The number of carbonyl (C=O) groups excluding carboxylic acids is 1. The number of hydrogen-bond donors (Lipinski definition) is 0. The van der Waals surface area contributed by atoms with Crippen LogP contribution in [0.4, 0.5) is 0 Å². The van der Waals surface area contributed by atoms with E-state index in [4.69, 9.17) is 25.8 Å². The van der Waals surface area contributed by atoms with Gasteiger partial charge in [0.15, 0.2) is 16.3 Å². The second kappa shape index (κ2) is 11.4. The Bertz CT molecular complexity index is 1540. The molecule has 0 amide bonds. The standard InChI is InChI=1S/C28H29ClN2O5S/c1-6-35-27(33)24-17(4)30-28-31(25(24)19-9-7-8-10-20(19)29)26(32)23(37-28)14-18-11-12-21(22(13-18)34-5)36-15-16(2)3/h7-14,16,25H,6,15H2,1-5H3/b23-14+/t25-/m0/s1. The smallest absolute Gasteiger partial charge is 0.338 e. The van der Waals surface area contributed by atoms with Crippen molar-refractivity contribution in [1.29, 1.82) is 0 Å². The Kier molecular flexibility index (Phi) is 8.19. The van der Waals surface area contributed by atoms with Gasteiger partial charge in [0.2, 0.25) is 0 Å². The minimum absolute atomic E-state index is 0.202. The number of rotatable bonds is 8. The summed E-state index contributed by atoms with van der Waals surface area (Å²) >= 11 is 7.80. The number of fused-ring (bicyclic) bond motifs is 1. The molecule has 0 radical (unpaired) electrons. The molecule has 0 bridgehead atoms. The average Bonchev–Trinajstić information content (AvgIpc) is 3.16. The first-order valence-electron chi connectivity index (χ1n) is 12.0. The van der Waals surface area contributed by atoms with Gasteiger partial charge in [-0.1, -0.05) is 61.1 Å². The third kappa shape index (κ3) is 5.50. The monoisotopic (exact) mass is 540 g/mol. The number of benzene rings is 2. The quantitative estimate of drug-likeness (QED) is 0.393. The average molecular weight is 541 g/mol. The fourth-order valence-electron chi connectivity index (χ4n) is 4.08. The van der Waals surface area contributed by atoms with E-state index in [1.807, 2.05) is 30.3 Å². The predicted molar refractivity (Wildman–Crippen MR) is 145 cm³/mol. The van der Waals surface area contributed by atoms with E-state index in [0.717, 1.165) is 5.56 Å². The largest absolute Gasteiger partial charge is 0.493 e. The second-order valence-corrected chi connectivity index (χ2v) is 10.4. The lowest BCUT2D eigenvalue weighted by atomic mass is 9.96. The summed E-state index contributed by atoms with van der Waals surface area (Å²) in [4.78, 5) is 31.8. The number of aromatic nitrogens is 1. The summed E-state index contributed by atoms with van der Waals surface area (Å²) in [6, 6.07) is 11.9. The fraction of sp³-hybridized carbons (Fsp3) is 0.321. The van der Waals surface area contributed by atoms with Gasteiger partial charge in [-0.2, -0.15) is 0 Å². The van der Waals surface area contributed by atoms with Crippen molar-refractivity contribution >= 4 is 35.0 Å². The van der Waals surface area contributed by atoms with Gasteiger partial charge in [-0.15, -0.1) is 0 Å². The molecule has 37 heavy (non-hydrogen) atoms. The zero-order chi connectivity index (χ0) is 26.7. The zero-order valence-corrected chi connectivity index (χ0v) is 23.0. The van der Waals surface area contributed by atoms with Crippen LogP contribution in [-0.2, 0) is 9.53 Å². The van der Waals surface area contributed by atoms with Crippen LogP contribution >= 0.6 is 22.9 Å². The van der Waals surface area contributed by atoms with E-state index < -0.39 is 12.0 Å². The zero-order valence-electron chi connectivity index (χ0n) is 21.4. The molecule has 9 heteroatoms. The lowest BCUT2D eigenvalue weighted by Crippen LogP contribution is -2.40. The van der Waals surface area contributed by atoms with Gasteiger partial charge in [-0.05, 0) is 55.2 Å². The number of hydrogen-bond acceptors (Lipinski definition) is 7. The predicted octanol–water partition coefficient (Wildman–Crippen LogP) is 4.50. The topological polar surface area (TPSA) is 79.1 Å². The lowest BCUT2D eigenvalue weighted by Gasteiger charge is -2.25. The summed E-state index contributed by atoms with van der Waals surface area (Å²) in [6.45, 7) is 8.40. The summed E-state index contributed by atoms with van der Waals surface area (Å²) in [6.07, 6.45) is 1.78. The molecule has 4 rings (SSSR count). The molecule has 194 valence electrons. The third-order valence-electron chi connectivity index (χ3n) is 5.77. The minimum atomic E-state index is -0.757. The van der Waals surface area contributed by atoms with Crippen LogP contribution in [0.2, 0.25) is 5.02 Å². The fourth-order valence-corrected chi connectivity index (χ4v) is 5.37. The van der Waals surface area contributed by atoms with Crippen molar-refractivity contribution in [3.63, 3.8) is 0 Å². The molecule has 0 fully saturated rings. The maximum absolute atomic E-state index is 13.8. The summed E-state index contributed by atoms with van der Waals surface area (Å²) in [5.41, 5.74) is 1.91. The number of thiazole rings is 1. The summed E-state index contributed by atoms with van der Waals surface area (Å²) in [5, 5.41) is 0.445. The molecule has 0 N–H and O–H groups in total. The van der Waals surface area contributed by atoms with E-state index in [1.165, 1.54) is 15.9 Å². The Morgan fingerprint density at radius 1 is 1.22 bits per heavy atom. The van der Waals surface area contributed by atoms with Crippen molar-refractivity contribution in [3.8, 4) is 11.5 Å². The molecule has 0 saturated carbocycles. The number of carbonyl (C=O) groups is 1. The molecule has 2 aromatic carbocycles. The van der Waals surface area contributed by atoms with Gasteiger partial charge in [-0.3, -0.25) is 9.36 Å². The van der Waals surface area contributed by atoms with Gasteiger partial charge >= 0.3 is 5.97 Å². The molecule has 1 aliphatic rings. The molecule has 1 aliphatic heterocycles. The Morgan fingerprint density at radius 3 is 2.65 bits per heavy atom. The van der Waals surface area contributed by atoms with Gasteiger partial charge in [0.05, 0.1) is 36.1 Å². The minimum Gasteiger partial charge on any atom is -0.493 e. The van der Waals surface area contributed by atoms with Crippen LogP contribution < -0.4 is 24.4 Å². The van der Waals surface area contributed by atoms with Crippen molar-refractivity contribution in [1.82, 2.24) is 4.57 Å². The molecular weight excluding hydrogens is 512 g/mol. The van der Waals surface area contributed by atoms with Gasteiger partial charge < -0.3 is 14.2 Å². The molecule has 1 aromatic heterocycles. The van der Waals surface area contributed by atoms with Gasteiger partial charge in [-0.25, -0.2) is 9.79 Å². The molecule has 0 aliphatic carbocycles. The highest BCUT2D eigenvalue weighted by molar-refractivity contribution is 7.07. The lowest BCUT2D eigenvalue weighted by molar-refractivity contribution is -0.139. The summed E-state index contributed by atoms with van der Waals surface area (Å²) in [7, 11) is 1.58. The van der Waals surface area contributed by atoms with Gasteiger partial charge in [0.1, 0.15) is 6.04 Å². The van der Waals surface area contributed by atoms with Crippen molar-refractivity contribution in [2.45, 2.75) is 33.7 Å². The van der Waals surface area contributed by atoms with Gasteiger partial charge in [0.25, 0.3) is 5.56 Å². The molecule has 0 spiro atoms. The Hall–Kier alpha value is -3.36. The number of esters is 1. The summed E-state index contributed by atoms with van der Waals surface area (Å²) in [5.74, 6) is 1.07. The van der Waals surface area contributed by atoms with E-state index in [9.17, 15) is 9.59 Å². The highest BCUT2D eigenvalue weighted by Gasteiger charge is 2.34. The first-order chi connectivity index (χ1) is 17.7. The highest BCUT2D eigenvalue weighted by Crippen LogP contribution is 2.34. The van der Waals surface area contributed by atoms with Crippen LogP contribution in [0.3, 0.4) is 0 Å². The van der Waals surface area contributed by atoms with Crippen molar-refractivity contribution in [2.75, 3.05) is 20.3 Å².